The highest BCUT2D eigenvalue weighted by molar-refractivity contribution is 5.98. The molecule has 3 aromatic rings. The minimum absolute atomic E-state index is 0.0467. The normalized spacial score (nSPS) is 11.6. The molecule has 0 bridgehead atoms. The first-order valence-corrected chi connectivity index (χ1v) is 7.94. The van der Waals surface area contributed by atoms with E-state index in [2.05, 4.69) is 0 Å². The van der Waals surface area contributed by atoms with Crippen molar-refractivity contribution in [1.82, 2.24) is 0 Å². The molecule has 4 nitrogen and oxygen atoms in total. The van der Waals surface area contributed by atoms with Crippen molar-refractivity contribution in [3.63, 3.8) is 0 Å². The topological polar surface area (TPSA) is 50.5 Å². The number of rotatable bonds is 3. The SMILES string of the molecule is CCN(C(=O)C(F)(F)F)c1cc(-c2cc3ccccc3oc2=O)ccc1F. The molecule has 0 N–H and O–H groups in total. The largest absolute Gasteiger partial charge is 0.471 e. The fourth-order valence-corrected chi connectivity index (χ4v) is 2.73. The maximum absolute atomic E-state index is 14.2. The maximum atomic E-state index is 14.2. The Labute approximate surface area is 150 Å². The molecule has 2 aromatic carbocycles. The van der Waals surface area contributed by atoms with Crippen LogP contribution >= 0.6 is 0 Å². The lowest BCUT2D eigenvalue weighted by Crippen LogP contribution is -2.41. The van der Waals surface area contributed by atoms with Gasteiger partial charge >= 0.3 is 17.7 Å². The third kappa shape index (κ3) is 3.55. The number of carbonyl (C=O) groups is 1. The molecular weight excluding hydrogens is 366 g/mol. The van der Waals surface area contributed by atoms with Gasteiger partial charge in [0.05, 0.1) is 11.3 Å². The second-order valence-corrected chi connectivity index (χ2v) is 5.70. The van der Waals surface area contributed by atoms with Crippen molar-refractivity contribution >= 4 is 22.6 Å². The van der Waals surface area contributed by atoms with Crippen LogP contribution in [0.3, 0.4) is 0 Å². The van der Waals surface area contributed by atoms with Crippen molar-refractivity contribution in [2.24, 2.45) is 0 Å². The minimum atomic E-state index is -5.15. The van der Waals surface area contributed by atoms with E-state index in [4.69, 9.17) is 4.42 Å². The molecule has 140 valence electrons. The van der Waals surface area contributed by atoms with Crippen LogP contribution in [0.5, 0.6) is 0 Å². The molecule has 1 heterocycles. The summed E-state index contributed by atoms with van der Waals surface area (Å²) in [4.78, 5) is 24.1. The van der Waals surface area contributed by atoms with Gasteiger partial charge in [-0.1, -0.05) is 24.3 Å². The second-order valence-electron chi connectivity index (χ2n) is 5.70. The summed E-state index contributed by atoms with van der Waals surface area (Å²) in [6, 6.07) is 11.4. The molecule has 0 aliphatic rings. The number of para-hydroxylation sites is 1. The molecule has 0 saturated carbocycles. The van der Waals surface area contributed by atoms with E-state index in [0.29, 0.717) is 11.0 Å². The van der Waals surface area contributed by atoms with Gasteiger partial charge in [-0.3, -0.25) is 4.79 Å². The molecule has 0 saturated heterocycles. The van der Waals surface area contributed by atoms with Crippen LogP contribution in [-0.2, 0) is 4.79 Å². The van der Waals surface area contributed by atoms with Gasteiger partial charge in [0.2, 0.25) is 0 Å². The van der Waals surface area contributed by atoms with Crippen LogP contribution in [0, 0.1) is 5.82 Å². The molecule has 0 aliphatic heterocycles. The highest BCUT2D eigenvalue weighted by atomic mass is 19.4. The molecule has 8 heteroatoms. The Balaban J connectivity index is 2.15. The number of amides is 1. The predicted molar refractivity (Wildman–Crippen MR) is 92.0 cm³/mol. The molecule has 0 radical (unpaired) electrons. The first-order valence-electron chi connectivity index (χ1n) is 7.94. The van der Waals surface area contributed by atoms with E-state index in [9.17, 15) is 27.2 Å². The van der Waals surface area contributed by atoms with Gasteiger partial charge in [-0.2, -0.15) is 13.2 Å². The van der Waals surface area contributed by atoms with Gasteiger partial charge in [-0.15, -0.1) is 0 Å². The smallest absolute Gasteiger partial charge is 0.422 e. The monoisotopic (exact) mass is 379 g/mol. The van der Waals surface area contributed by atoms with Crippen LogP contribution in [0.15, 0.2) is 57.7 Å². The standard InChI is InChI=1S/C19H13F4NO3/c1-2-24(18(26)19(21,22)23)15-10-11(7-8-14(15)20)13-9-12-5-3-4-6-16(12)27-17(13)25/h3-10H,2H2,1H3. The molecule has 0 unspecified atom stereocenters. The number of benzene rings is 2. The quantitative estimate of drug-likeness (QED) is 0.497. The number of alkyl halides is 3. The fourth-order valence-electron chi connectivity index (χ4n) is 2.73. The number of anilines is 1. The van der Waals surface area contributed by atoms with Crippen molar-refractivity contribution in [1.29, 1.82) is 0 Å². The van der Waals surface area contributed by atoms with E-state index >= 15 is 0 Å². The van der Waals surface area contributed by atoms with Crippen molar-refractivity contribution in [3.8, 4) is 11.1 Å². The summed E-state index contributed by atoms with van der Waals surface area (Å²) >= 11 is 0. The number of carbonyl (C=O) groups excluding carboxylic acids is 1. The van der Waals surface area contributed by atoms with Gasteiger partial charge in [-0.25, -0.2) is 9.18 Å². The summed E-state index contributed by atoms with van der Waals surface area (Å²) < 4.78 is 57.7. The highest BCUT2D eigenvalue weighted by Gasteiger charge is 2.43. The maximum Gasteiger partial charge on any atom is 0.471 e. The van der Waals surface area contributed by atoms with E-state index in [1.54, 1.807) is 24.3 Å². The van der Waals surface area contributed by atoms with Crippen LogP contribution in [0.2, 0.25) is 0 Å². The van der Waals surface area contributed by atoms with E-state index in [1.165, 1.54) is 19.1 Å². The molecule has 0 aliphatic carbocycles. The number of nitrogens with zero attached hydrogens (tertiary/aromatic N) is 1. The number of hydrogen-bond acceptors (Lipinski definition) is 3. The lowest BCUT2D eigenvalue weighted by atomic mass is 10.0. The van der Waals surface area contributed by atoms with Crippen LogP contribution in [0.1, 0.15) is 6.92 Å². The average Bonchev–Trinajstić information content (AvgIpc) is 2.62. The summed E-state index contributed by atoms with van der Waals surface area (Å²) in [6.45, 7) is 0.894. The van der Waals surface area contributed by atoms with Gasteiger partial charge in [0.1, 0.15) is 11.4 Å². The van der Waals surface area contributed by atoms with Gasteiger partial charge < -0.3 is 9.32 Å². The van der Waals surface area contributed by atoms with Crippen LogP contribution < -0.4 is 10.5 Å². The lowest BCUT2D eigenvalue weighted by Gasteiger charge is -2.23. The van der Waals surface area contributed by atoms with Crippen LogP contribution in [0.25, 0.3) is 22.1 Å². The summed E-state index contributed by atoms with van der Waals surface area (Å²) in [5, 5.41) is 0.594. The Bertz CT molecular complexity index is 1070. The number of fused-ring (bicyclic) bond motifs is 1. The fraction of sp³-hybridized carbons (Fsp3) is 0.158. The molecule has 0 fully saturated rings. The Morgan fingerprint density at radius 3 is 2.48 bits per heavy atom. The Morgan fingerprint density at radius 1 is 1.11 bits per heavy atom. The van der Waals surface area contributed by atoms with Gasteiger partial charge in [0, 0.05) is 11.9 Å². The number of hydrogen-bond donors (Lipinski definition) is 0. The van der Waals surface area contributed by atoms with Gasteiger partial charge in [0.15, 0.2) is 0 Å². The summed E-state index contributed by atoms with van der Waals surface area (Å²) in [6.07, 6.45) is -5.15. The molecule has 1 aromatic heterocycles. The second kappa shape index (κ2) is 6.86. The Hall–Kier alpha value is -3.16. The molecule has 27 heavy (non-hydrogen) atoms. The van der Waals surface area contributed by atoms with E-state index in [-0.39, 0.29) is 16.0 Å². The van der Waals surface area contributed by atoms with Crippen molar-refractivity contribution < 1.29 is 26.8 Å². The van der Waals surface area contributed by atoms with E-state index in [0.717, 1.165) is 12.1 Å². The van der Waals surface area contributed by atoms with E-state index in [1.807, 2.05) is 0 Å². The zero-order valence-electron chi connectivity index (χ0n) is 14.0. The zero-order chi connectivity index (χ0) is 19.8. The molecule has 1 amide bonds. The average molecular weight is 379 g/mol. The Morgan fingerprint density at radius 2 is 1.81 bits per heavy atom. The lowest BCUT2D eigenvalue weighted by molar-refractivity contribution is -0.170. The minimum Gasteiger partial charge on any atom is -0.422 e. The predicted octanol–water partition coefficient (Wildman–Crippen LogP) is 4.51. The summed E-state index contributed by atoms with van der Waals surface area (Å²) in [5.41, 5.74) is -0.762. The molecule has 0 spiro atoms. The van der Waals surface area contributed by atoms with Crippen molar-refractivity contribution in [2.45, 2.75) is 13.1 Å². The molecular formula is C19H13F4NO3. The van der Waals surface area contributed by atoms with Crippen LogP contribution in [-0.4, -0.2) is 18.6 Å². The summed E-state index contributed by atoms with van der Waals surface area (Å²) in [7, 11) is 0. The van der Waals surface area contributed by atoms with Crippen molar-refractivity contribution in [2.75, 3.05) is 11.4 Å². The van der Waals surface area contributed by atoms with Crippen LogP contribution in [0.4, 0.5) is 23.2 Å². The first-order chi connectivity index (χ1) is 12.7. The third-order valence-corrected chi connectivity index (χ3v) is 3.99. The van der Waals surface area contributed by atoms with Crippen molar-refractivity contribution in [3.05, 3.63) is 64.8 Å². The van der Waals surface area contributed by atoms with E-state index < -0.39 is 35.8 Å². The molecule has 0 atom stereocenters. The Kier molecular flexibility index (Phi) is 4.73. The summed E-state index contributed by atoms with van der Waals surface area (Å²) in [5.74, 6) is -3.20. The third-order valence-electron chi connectivity index (χ3n) is 3.99. The van der Waals surface area contributed by atoms with Gasteiger partial charge in [-0.05, 0) is 36.8 Å². The first kappa shape index (κ1) is 18.6. The highest BCUT2D eigenvalue weighted by Crippen LogP contribution is 2.30. The molecule has 3 rings (SSSR count). The van der Waals surface area contributed by atoms with Gasteiger partial charge in [0.25, 0.3) is 0 Å². The zero-order valence-corrected chi connectivity index (χ0v) is 14.0. The number of halogens is 4.